The highest BCUT2D eigenvalue weighted by atomic mass is 28.4. The Kier molecular flexibility index (Phi) is 10.4. The first-order chi connectivity index (χ1) is 16.6. The molecule has 6 heteroatoms. The van der Waals surface area contributed by atoms with E-state index < -0.39 is 8.56 Å². The summed E-state index contributed by atoms with van der Waals surface area (Å²) >= 11 is 0. The fourth-order valence-corrected chi connectivity index (χ4v) is 11.3. The van der Waals surface area contributed by atoms with Crippen LogP contribution in [-0.2, 0) is 25.0 Å². The Morgan fingerprint density at radius 1 is 0.972 bits per heavy atom. The third-order valence-corrected chi connectivity index (χ3v) is 13.0. The van der Waals surface area contributed by atoms with Crippen LogP contribution in [0.5, 0.6) is 5.75 Å². The van der Waals surface area contributed by atoms with E-state index in [4.69, 9.17) is 18.3 Å². The third kappa shape index (κ3) is 6.80. The molecule has 5 nitrogen and oxygen atoms in total. The highest BCUT2D eigenvalue weighted by Gasteiger charge is 2.64. The molecular formula is C30H52O5Si. The molecule has 1 saturated heterocycles. The third-order valence-electron chi connectivity index (χ3n) is 7.82. The lowest BCUT2D eigenvalue weighted by Gasteiger charge is -2.59. The molecular weight excluding hydrogens is 468 g/mol. The molecule has 0 radical (unpaired) electrons. The Hall–Kier alpha value is -1.21. The predicted octanol–water partition coefficient (Wildman–Crippen LogP) is 7.70. The molecule has 1 aromatic carbocycles. The Balaban J connectivity index is 2.42. The molecule has 0 aliphatic carbocycles. The lowest BCUT2D eigenvalue weighted by molar-refractivity contribution is -0.136. The summed E-state index contributed by atoms with van der Waals surface area (Å²) in [6, 6.07) is 7.92. The molecule has 1 aromatic rings. The molecule has 1 aliphatic heterocycles. The maximum atomic E-state index is 12.7. The van der Waals surface area contributed by atoms with E-state index in [0.29, 0.717) is 25.4 Å². The molecule has 0 saturated carbocycles. The smallest absolute Gasteiger partial charge is 0.349 e. The molecule has 0 amide bonds. The van der Waals surface area contributed by atoms with Gasteiger partial charge in [0.25, 0.3) is 0 Å². The quantitative estimate of drug-likeness (QED) is 0.296. The lowest BCUT2D eigenvalue weighted by Crippen LogP contribution is -2.68. The fourth-order valence-electron chi connectivity index (χ4n) is 5.88. The first kappa shape index (κ1) is 31.0. The minimum Gasteiger partial charge on any atom is -0.497 e. The van der Waals surface area contributed by atoms with E-state index in [1.54, 1.807) is 7.11 Å². The van der Waals surface area contributed by atoms with Crippen molar-refractivity contribution in [3.63, 3.8) is 0 Å². The van der Waals surface area contributed by atoms with Crippen LogP contribution in [0.1, 0.15) is 94.6 Å². The lowest BCUT2D eigenvalue weighted by atomic mass is 9.81. The number of ketones is 1. The molecule has 5 atom stereocenters. The van der Waals surface area contributed by atoms with E-state index in [2.05, 4.69) is 69.2 Å². The summed E-state index contributed by atoms with van der Waals surface area (Å²) in [4.78, 5) is 12.7. The Labute approximate surface area is 221 Å². The van der Waals surface area contributed by atoms with Gasteiger partial charge >= 0.3 is 8.56 Å². The second kappa shape index (κ2) is 12.1. The SMILES string of the molecule is CCC(=O)C[C@@H](OCc1ccc(OC)cc1)[C@H](C)[C@@H]1O[Si](C(C)(C)C)(C(C)(C)C)O[C@@H](C(C)C)[C@@H]1C. The van der Waals surface area contributed by atoms with Crippen molar-refractivity contribution in [2.75, 3.05) is 7.11 Å². The van der Waals surface area contributed by atoms with Crippen molar-refractivity contribution in [1.82, 2.24) is 0 Å². The second-order valence-electron chi connectivity index (χ2n) is 13.0. The van der Waals surface area contributed by atoms with Crippen molar-refractivity contribution in [2.24, 2.45) is 17.8 Å². The van der Waals surface area contributed by atoms with E-state index in [9.17, 15) is 4.79 Å². The number of rotatable bonds is 10. The second-order valence-corrected chi connectivity index (χ2v) is 17.7. The number of hydrogen-bond acceptors (Lipinski definition) is 5. The van der Waals surface area contributed by atoms with Crippen molar-refractivity contribution in [2.45, 2.75) is 124 Å². The number of methoxy groups -OCH3 is 1. The summed E-state index contributed by atoms with van der Waals surface area (Å²) < 4.78 is 26.1. The summed E-state index contributed by atoms with van der Waals surface area (Å²) in [6.07, 6.45) is 0.718. The van der Waals surface area contributed by atoms with Crippen molar-refractivity contribution >= 4 is 14.3 Å². The molecule has 0 N–H and O–H groups in total. The highest BCUT2D eigenvalue weighted by Crippen LogP contribution is 2.57. The van der Waals surface area contributed by atoms with E-state index in [-0.39, 0.29) is 46.0 Å². The maximum Gasteiger partial charge on any atom is 0.349 e. The zero-order valence-corrected chi connectivity index (χ0v) is 25.9. The van der Waals surface area contributed by atoms with E-state index in [0.717, 1.165) is 11.3 Å². The molecule has 0 unspecified atom stereocenters. The maximum absolute atomic E-state index is 12.7. The highest BCUT2D eigenvalue weighted by molar-refractivity contribution is 6.73. The number of Topliss-reactive ketones (excluding diaryl/α,β-unsaturated/α-hetero) is 1. The molecule has 0 bridgehead atoms. The standard InChI is InChI=1S/C30H52O5Si/c1-13-24(31)18-26(33-19-23-14-16-25(32-12)17-15-23)21(4)28-22(5)27(20(2)3)34-36(35-28,29(6,7)8)30(9,10)11/h14-17,20-22,26-28H,13,18-19H2,1-12H3/t21-,22-,26+,27-,28-/m0/s1. The minimum absolute atomic E-state index is 0.0375. The van der Waals surface area contributed by atoms with Gasteiger partial charge in [-0.05, 0) is 23.6 Å². The number of hydrogen-bond donors (Lipinski definition) is 0. The molecule has 0 spiro atoms. The van der Waals surface area contributed by atoms with Gasteiger partial charge in [0.15, 0.2) is 0 Å². The van der Waals surface area contributed by atoms with Crippen LogP contribution in [0.25, 0.3) is 0 Å². The Morgan fingerprint density at radius 2 is 1.50 bits per heavy atom. The monoisotopic (exact) mass is 520 g/mol. The van der Waals surface area contributed by atoms with Crippen LogP contribution in [0.2, 0.25) is 10.1 Å². The van der Waals surface area contributed by atoms with E-state index in [1.165, 1.54) is 0 Å². The van der Waals surface area contributed by atoms with Crippen molar-refractivity contribution in [1.29, 1.82) is 0 Å². The molecule has 36 heavy (non-hydrogen) atoms. The van der Waals surface area contributed by atoms with Crippen LogP contribution in [0, 0.1) is 17.8 Å². The average Bonchev–Trinajstić information content (AvgIpc) is 2.79. The number of ether oxygens (including phenoxy) is 2. The molecule has 1 fully saturated rings. The van der Waals surface area contributed by atoms with Crippen LogP contribution in [0.4, 0.5) is 0 Å². The zero-order chi connectivity index (χ0) is 27.5. The van der Waals surface area contributed by atoms with Crippen LogP contribution >= 0.6 is 0 Å². The van der Waals surface area contributed by atoms with Crippen molar-refractivity contribution in [3.8, 4) is 5.75 Å². The Bertz CT molecular complexity index is 822. The van der Waals surface area contributed by atoms with Gasteiger partial charge in [-0.15, -0.1) is 0 Å². The van der Waals surface area contributed by atoms with Crippen LogP contribution < -0.4 is 4.74 Å². The van der Waals surface area contributed by atoms with Crippen LogP contribution in [0.3, 0.4) is 0 Å². The summed E-state index contributed by atoms with van der Waals surface area (Å²) in [7, 11) is -1.06. The minimum atomic E-state index is -2.73. The first-order valence-corrected chi connectivity index (χ1v) is 15.5. The molecule has 206 valence electrons. The topological polar surface area (TPSA) is 54.0 Å². The molecule has 1 aliphatic rings. The molecule has 2 rings (SSSR count). The van der Waals surface area contributed by atoms with Gasteiger partial charge in [0.1, 0.15) is 11.5 Å². The van der Waals surface area contributed by atoms with E-state index >= 15 is 0 Å². The summed E-state index contributed by atoms with van der Waals surface area (Å²) in [5, 5.41) is -0.232. The van der Waals surface area contributed by atoms with Gasteiger partial charge in [-0.1, -0.05) is 88.3 Å². The first-order valence-electron chi connectivity index (χ1n) is 13.7. The van der Waals surface area contributed by atoms with Gasteiger partial charge < -0.3 is 18.3 Å². The number of benzene rings is 1. The van der Waals surface area contributed by atoms with Crippen LogP contribution in [0.15, 0.2) is 24.3 Å². The van der Waals surface area contributed by atoms with Gasteiger partial charge in [0, 0.05) is 34.8 Å². The van der Waals surface area contributed by atoms with Gasteiger partial charge in [0.05, 0.1) is 32.0 Å². The number of carbonyl (C=O) groups is 1. The van der Waals surface area contributed by atoms with Gasteiger partial charge in [-0.2, -0.15) is 0 Å². The summed E-state index contributed by atoms with van der Waals surface area (Å²) in [6.45, 7) is 24.9. The number of carbonyl (C=O) groups excluding carboxylic acids is 1. The van der Waals surface area contributed by atoms with E-state index in [1.807, 2.05) is 31.2 Å². The van der Waals surface area contributed by atoms with Crippen molar-refractivity contribution in [3.05, 3.63) is 29.8 Å². The molecule has 0 aromatic heterocycles. The normalized spacial score (nSPS) is 24.4. The summed E-state index contributed by atoms with van der Waals surface area (Å²) in [5.41, 5.74) is 1.06. The fraction of sp³-hybridized carbons (Fsp3) is 0.767. The van der Waals surface area contributed by atoms with Gasteiger partial charge in [-0.25, -0.2) is 0 Å². The average molecular weight is 521 g/mol. The van der Waals surface area contributed by atoms with Crippen molar-refractivity contribution < 1.29 is 23.1 Å². The van der Waals surface area contributed by atoms with Crippen LogP contribution in [-0.4, -0.2) is 39.8 Å². The van der Waals surface area contributed by atoms with Gasteiger partial charge in [0.2, 0.25) is 0 Å². The largest absolute Gasteiger partial charge is 0.497 e. The molecule has 1 heterocycles. The summed E-state index contributed by atoms with van der Waals surface area (Å²) in [5.74, 6) is 1.63. The zero-order valence-electron chi connectivity index (χ0n) is 24.9. The Morgan fingerprint density at radius 3 is 1.94 bits per heavy atom. The predicted molar refractivity (Wildman–Crippen MR) is 150 cm³/mol. The van der Waals surface area contributed by atoms with Gasteiger partial charge in [-0.3, -0.25) is 4.79 Å².